The van der Waals surface area contributed by atoms with Gasteiger partial charge in [-0.05, 0) is 82.4 Å². The maximum absolute atomic E-state index is 11.9. The van der Waals surface area contributed by atoms with Gasteiger partial charge >= 0.3 is 5.97 Å². The molecule has 0 atom stereocenters. The highest BCUT2D eigenvalue weighted by atomic mass is 35.5. The topological polar surface area (TPSA) is 207 Å². The van der Waals surface area contributed by atoms with Crippen LogP contribution in [0.25, 0.3) is 33.5 Å². The van der Waals surface area contributed by atoms with Crippen molar-refractivity contribution in [3.63, 3.8) is 0 Å². The zero-order valence-electron chi connectivity index (χ0n) is 28.6. The first-order chi connectivity index (χ1) is 26.4. The number of pyridine rings is 3. The molecule has 0 saturated carbocycles. The third-order valence-electron chi connectivity index (χ3n) is 9.04. The maximum atomic E-state index is 11.9. The molecule has 0 bridgehead atoms. The summed E-state index contributed by atoms with van der Waals surface area (Å²) in [6, 6.07) is 22.5. The number of esters is 1. The molecular weight excluding hydrogens is 712 g/mol. The second-order valence-corrected chi connectivity index (χ2v) is 12.7. The number of halogens is 1. The number of aromatic amines is 3. The van der Waals surface area contributed by atoms with Gasteiger partial charge in [0.15, 0.2) is 16.9 Å². The monoisotopic (exact) mass is 742 g/mol. The molecule has 2 aliphatic heterocycles. The molecule has 0 unspecified atom stereocenters. The van der Waals surface area contributed by atoms with Gasteiger partial charge in [0.2, 0.25) is 17.2 Å². The van der Waals surface area contributed by atoms with Gasteiger partial charge in [-0.15, -0.1) is 0 Å². The number of amides is 1. The van der Waals surface area contributed by atoms with Crippen LogP contribution in [0.4, 0.5) is 11.9 Å². The second kappa shape index (κ2) is 14.6. The minimum atomic E-state index is -0.495. The quantitative estimate of drug-likeness (QED) is 0.0864. The predicted molar refractivity (Wildman–Crippen MR) is 200 cm³/mol. The lowest BCUT2D eigenvalue weighted by Crippen LogP contribution is -2.21. The van der Waals surface area contributed by atoms with Crippen LogP contribution in [0.5, 0.6) is 0 Å². The minimum absolute atomic E-state index is 0.301. The van der Waals surface area contributed by atoms with Crippen molar-refractivity contribution in [3.05, 3.63) is 130 Å². The van der Waals surface area contributed by atoms with Crippen molar-refractivity contribution in [2.45, 2.75) is 26.2 Å². The summed E-state index contributed by atoms with van der Waals surface area (Å²) in [4.78, 5) is 62.5. The number of carbonyl (C=O) groups is 2. The van der Waals surface area contributed by atoms with E-state index in [1.54, 1.807) is 36.2 Å². The number of hydroxylamine groups is 1. The Morgan fingerprint density at radius 2 is 1.15 bits per heavy atom. The number of ether oxygens (including phenoxy) is 1. The van der Waals surface area contributed by atoms with Crippen LogP contribution in [0.2, 0.25) is 5.28 Å². The second-order valence-electron chi connectivity index (χ2n) is 12.3. The fourth-order valence-electron chi connectivity index (χ4n) is 6.50. The maximum Gasteiger partial charge on any atom is 0.338 e. The van der Waals surface area contributed by atoms with Crippen LogP contribution in [0.15, 0.2) is 91.4 Å². The number of anilines is 2. The first kappa shape index (κ1) is 34.2. The summed E-state index contributed by atoms with van der Waals surface area (Å²) in [5, 5.41) is 9.24. The van der Waals surface area contributed by atoms with Gasteiger partial charge in [0, 0.05) is 50.3 Å². The first-order valence-electron chi connectivity index (χ1n) is 16.7. The van der Waals surface area contributed by atoms with Gasteiger partial charge in [-0.2, -0.15) is 15.0 Å². The van der Waals surface area contributed by atoms with E-state index in [2.05, 4.69) is 49.8 Å². The van der Waals surface area contributed by atoms with Gasteiger partial charge in [-0.3, -0.25) is 10.0 Å². The van der Waals surface area contributed by atoms with Crippen molar-refractivity contribution in [3.8, 4) is 0 Å². The Morgan fingerprint density at radius 3 is 1.63 bits per heavy atom. The largest absolute Gasteiger partial charge is 0.465 e. The van der Waals surface area contributed by atoms with E-state index >= 15 is 0 Å². The van der Waals surface area contributed by atoms with Gasteiger partial charge in [0.1, 0.15) is 0 Å². The Kier molecular flexibility index (Phi) is 9.25. The molecule has 16 nitrogen and oxygen atoms in total. The highest BCUT2D eigenvalue weighted by Crippen LogP contribution is 2.31. The molecule has 2 aliphatic rings. The number of methoxy groups -OCH3 is 1. The number of aromatic nitrogens is 9. The van der Waals surface area contributed by atoms with Crippen molar-refractivity contribution in [1.29, 1.82) is 0 Å². The van der Waals surface area contributed by atoms with E-state index < -0.39 is 5.91 Å². The van der Waals surface area contributed by atoms with Crippen LogP contribution < -0.4 is 15.3 Å². The van der Waals surface area contributed by atoms with E-state index in [0.717, 1.165) is 50.7 Å². The van der Waals surface area contributed by atoms with E-state index in [9.17, 15) is 9.59 Å². The number of hydrogen-bond donors (Lipinski definition) is 5. The van der Waals surface area contributed by atoms with Crippen molar-refractivity contribution < 1.29 is 19.5 Å². The standard InChI is InChI=1S/C16H14N4O2.C15H13N5O2.C6H4ClN3/c1-22-15(21)11-5-2-4-10-8-20(9-12(10)11)16-18-13-6-3-7-17-14(13)19-16;21-14(19-22)10-4-1-3-9-7-20(8-11(9)10)15-17-12-5-2-6-16-13(12)18-15;7-6-9-4-2-1-3-8-5(4)10-6/h2-7H,8-9H2,1H3,(H,17,18,19);1-6,22H,7-8H2,(H,19,21)(H,16,17,18);1-3H,(H,8,9,10). The number of nitrogens with zero attached hydrogens (tertiary/aromatic N) is 8. The average Bonchev–Trinajstić information content (AvgIpc) is 4.04. The number of carbonyl (C=O) groups excluding carboxylic acids is 2. The lowest BCUT2D eigenvalue weighted by atomic mass is 10.0. The Hall–Kier alpha value is -6.91. The number of nitrogens with one attached hydrogen (secondary N) is 4. The van der Waals surface area contributed by atoms with Crippen molar-refractivity contribution >= 4 is 68.9 Å². The lowest BCUT2D eigenvalue weighted by Gasteiger charge is -2.13. The van der Waals surface area contributed by atoms with E-state index in [-0.39, 0.29) is 5.97 Å². The first-order valence-corrected chi connectivity index (χ1v) is 17.1. The van der Waals surface area contributed by atoms with Gasteiger partial charge in [-0.1, -0.05) is 24.3 Å². The van der Waals surface area contributed by atoms with E-state index in [0.29, 0.717) is 59.5 Å². The van der Waals surface area contributed by atoms with E-state index in [1.807, 2.05) is 65.6 Å². The van der Waals surface area contributed by atoms with Gasteiger partial charge in [0.25, 0.3) is 5.91 Å². The zero-order valence-corrected chi connectivity index (χ0v) is 29.4. The highest BCUT2D eigenvalue weighted by Gasteiger charge is 2.27. The molecular formula is C37H31ClN12O4. The van der Waals surface area contributed by atoms with Crippen LogP contribution >= 0.6 is 11.6 Å². The lowest BCUT2D eigenvalue weighted by molar-refractivity contribution is 0.0599. The molecule has 0 aliphatic carbocycles. The molecule has 10 rings (SSSR count). The van der Waals surface area contributed by atoms with Crippen LogP contribution in [0.1, 0.15) is 43.0 Å². The van der Waals surface area contributed by atoms with Crippen molar-refractivity contribution in [2.75, 3.05) is 16.9 Å². The Morgan fingerprint density at radius 1 is 0.667 bits per heavy atom. The van der Waals surface area contributed by atoms with E-state index in [1.165, 1.54) is 7.11 Å². The fourth-order valence-corrected chi connectivity index (χ4v) is 6.68. The van der Waals surface area contributed by atoms with Crippen molar-refractivity contribution in [2.24, 2.45) is 0 Å². The molecule has 5 N–H and O–H groups in total. The highest BCUT2D eigenvalue weighted by molar-refractivity contribution is 6.29. The van der Waals surface area contributed by atoms with Crippen LogP contribution in [0.3, 0.4) is 0 Å². The Bertz CT molecular complexity index is 2410. The van der Waals surface area contributed by atoms with Gasteiger partial charge in [0.05, 0.1) is 29.2 Å². The Balaban J connectivity index is 0.000000123. The zero-order chi connectivity index (χ0) is 37.2. The number of benzene rings is 2. The molecule has 0 saturated heterocycles. The van der Waals surface area contributed by atoms with Gasteiger partial charge < -0.3 is 29.5 Å². The molecule has 0 fully saturated rings. The molecule has 8 aromatic rings. The normalized spacial score (nSPS) is 12.9. The Labute approximate surface area is 311 Å². The molecule has 6 aromatic heterocycles. The summed E-state index contributed by atoms with van der Waals surface area (Å²) in [5.74, 6) is 0.691. The van der Waals surface area contributed by atoms with Crippen LogP contribution in [-0.2, 0) is 30.9 Å². The summed E-state index contributed by atoms with van der Waals surface area (Å²) >= 11 is 5.58. The number of rotatable bonds is 4. The summed E-state index contributed by atoms with van der Waals surface area (Å²) < 4.78 is 4.86. The summed E-state index contributed by atoms with van der Waals surface area (Å²) in [6.07, 6.45) is 5.11. The summed E-state index contributed by atoms with van der Waals surface area (Å²) in [5.41, 5.74) is 11.6. The summed E-state index contributed by atoms with van der Waals surface area (Å²) in [6.45, 7) is 2.54. The molecule has 54 heavy (non-hydrogen) atoms. The number of fused-ring (bicyclic) bond motifs is 5. The fraction of sp³-hybridized carbons (Fsp3) is 0.135. The molecule has 17 heteroatoms. The van der Waals surface area contributed by atoms with Crippen molar-refractivity contribution in [1.82, 2.24) is 50.3 Å². The predicted octanol–water partition coefficient (Wildman–Crippen LogP) is 5.47. The number of hydrogen-bond acceptors (Lipinski definition) is 12. The molecule has 0 spiro atoms. The molecule has 1 amide bonds. The third-order valence-corrected chi connectivity index (χ3v) is 9.21. The average molecular weight is 743 g/mol. The number of H-pyrrole nitrogens is 3. The molecule has 0 radical (unpaired) electrons. The smallest absolute Gasteiger partial charge is 0.338 e. The molecule has 2 aromatic carbocycles. The molecule has 270 valence electrons. The molecule has 8 heterocycles. The van der Waals surface area contributed by atoms with Crippen LogP contribution in [-0.4, -0.2) is 69.0 Å². The van der Waals surface area contributed by atoms with Gasteiger partial charge in [-0.25, -0.2) is 25.2 Å². The third kappa shape index (κ3) is 6.73. The number of imidazole rings is 3. The van der Waals surface area contributed by atoms with Crippen LogP contribution in [0, 0.1) is 0 Å². The minimum Gasteiger partial charge on any atom is -0.465 e. The van der Waals surface area contributed by atoms with E-state index in [4.69, 9.17) is 21.5 Å². The SMILES string of the molecule is COC(=O)c1cccc2c1CN(c1nc3ncccc3[nH]1)C2.Clc1nc2ncccc2[nH]1.O=C(NO)c1cccc2c1CN(c1nc3ncccc3[nH]1)C2. The summed E-state index contributed by atoms with van der Waals surface area (Å²) in [7, 11) is 1.40.